The number of hydrogen-bond donors (Lipinski definition) is 1. The van der Waals surface area contributed by atoms with Crippen molar-refractivity contribution in [2.24, 2.45) is 4.99 Å². The van der Waals surface area contributed by atoms with Gasteiger partial charge < -0.3 is 5.32 Å². The molecule has 0 spiro atoms. The van der Waals surface area contributed by atoms with Crippen LogP contribution >= 0.6 is 27.7 Å². The summed E-state index contributed by atoms with van der Waals surface area (Å²) in [6.45, 7) is 1.91. The number of aromatic nitrogens is 1. The van der Waals surface area contributed by atoms with Gasteiger partial charge in [0, 0.05) is 6.20 Å². The van der Waals surface area contributed by atoms with E-state index in [1.54, 1.807) is 6.20 Å². The van der Waals surface area contributed by atoms with Crippen LogP contribution in [0.5, 0.6) is 0 Å². The number of amides is 1. The summed E-state index contributed by atoms with van der Waals surface area (Å²) in [5.41, 5.74) is 0.392. The second-order valence-corrected chi connectivity index (χ2v) is 7.12. The van der Waals surface area contributed by atoms with Crippen LogP contribution in [0.3, 0.4) is 0 Å². The van der Waals surface area contributed by atoms with Gasteiger partial charge in [0.1, 0.15) is 21.8 Å². The van der Waals surface area contributed by atoms with Crippen molar-refractivity contribution < 1.29 is 13.6 Å². The lowest BCUT2D eigenvalue weighted by Gasteiger charge is -2.13. The number of carbonyl (C=O) groups excluding carboxylic acids is 1. The van der Waals surface area contributed by atoms with E-state index in [2.05, 4.69) is 31.2 Å². The summed E-state index contributed by atoms with van der Waals surface area (Å²) < 4.78 is 28.1. The minimum absolute atomic E-state index is 0.00920. The summed E-state index contributed by atoms with van der Waals surface area (Å²) in [6.07, 6.45) is 1.68. The number of rotatable bonds is 2. The average molecular weight is 412 g/mol. The van der Waals surface area contributed by atoms with Gasteiger partial charge in [0.2, 0.25) is 0 Å². The van der Waals surface area contributed by atoms with Crippen LogP contribution in [0.1, 0.15) is 28.1 Å². The van der Waals surface area contributed by atoms with E-state index in [4.69, 9.17) is 0 Å². The Morgan fingerprint density at radius 3 is 2.67 bits per heavy atom. The Bertz CT molecular complexity index is 810. The molecular weight excluding hydrogens is 400 g/mol. The first-order valence-corrected chi connectivity index (χ1v) is 8.74. The summed E-state index contributed by atoms with van der Waals surface area (Å²) in [4.78, 5) is 20.6. The van der Waals surface area contributed by atoms with Crippen molar-refractivity contribution in [3.05, 3.63) is 63.9 Å². The smallest absolute Gasteiger partial charge is 0.263 e. The van der Waals surface area contributed by atoms with Crippen molar-refractivity contribution in [2.75, 3.05) is 0 Å². The van der Waals surface area contributed by atoms with Crippen LogP contribution in [0.2, 0.25) is 0 Å². The molecule has 2 atom stereocenters. The standard InChI is InChI=1S/C16H12BrF2N3OS/c1-8-14(9-5-6-20-12(17)7-9)24-16(21-8)22-15(23)13-10(18)3-2-4-11(13)19/h2-8,14H,1H3,(H,21,22,23). The van der Waals surface area contributed by atoms with Crippen molar-refractivity contribution in [1.82, 2.24) is 10.3 Å². The summed E-state index contributed by atoms with van der Waals surface area (Å²) >= 11 is 4.66. The molecule has 3 rings (SSSR count). The molecule has 0 fully saturated rings. The van der Waals surface area contributed by atoms with E-state index in [1.165, 1.54) is 17.8 Å². The van der Waals surface area contributed by atoms with Crippen LogP contribution in [0.4, 0.5) is 8.78 Å². The molecule has 0 aliphatic carbocycles. The molecule has 1 aliphatic rings. The molecule has 4 nitrogen and oxygen atoms in total. The van der Waals surface area contributed by atoms with Crippen LogP contribution in [0.25, 0.3) is 0 Å². The molecule has 2 aromatic rings. The van der Waals surface area contributed by atoms with E-state index in [0.29, 0.717) is 9.77 Å². The van der Waals surface area contributed by atoms with Crippen LogP contribution in [-0.4, -0.2) is 22.1 Å². The van der Waals surface area contributed by atoms with Crippen molar-refractivity contribution >= 4 is 38.8 Å². The number of halogens is 3. The molecule has 2 unspecified atom stereocenters. The van der Waals surface area contributed by atoms with Crippen molar-refractivity contribution in [1.29, 1.82) is 0 Å². The van der Waals surface area contributed by atoms with E-state index < -0.39 is 23.1 Å². The number of carbonyl (C=O) groups is 1. The molecule has 1 aliphatic heterocycles. The maximum absolute atomic E-state index is 13.7. The van der Waals surface area contributed by atoms with E-state index in [9.17, 15) is 13.6 Å². The number of nitrogens with one attached hydrogen (secondary N) is 1. The largest absolute Gasteiger partial charge is 0.301 e. The zero-order chi connectivity index (χ0) is 17.3. The van der Waals surface area contributed by atoms with Crippen molar-refractivity contribution in [3.63, 3.8) is 0 Å². The van der Waals surface area contributed by atoms with Gasteiger partial charge in [-0.2, -0.15) is 0 Å². The zero-order valence-electron chi connectivity index (χ0n) is 12.5. The summed E-state index contributed by atoms with van der Waals surface area (Å²) in [7, 11) is 0. The Hall–Kier alpha value is -1.80. The summed E-state index contributed by atoms with van der Waals surface area (Å²) in [5.74, 6) is -2.65. The van der Waals surface area contributed by atoms with Gasteiger partial charge >= 0.3 is 0 Å². The van der Waals surface area contributed by atoms with E-state index in [-0.39, 0.29) is 11.3 Å². The van der Waals surface area contributed by atoms with Crippen molar-refractivity contribution in [3.8, 4) is 0 Å². The maximum Gasteiger partial charge on any atom is 0.263 e. The Kier molecular flexibility index (Phi) is 4.96. The first-order chi connectivity index (χ1) is 11.5. The monoisotopic (exact) mass is 411 g/mol. The van der Waals surface area contributed by atoms with Gasteiger partial charge in [-0.3, -0.25) is 9.79 Å². The normalized spacial score (nSPS) is 19.9. The SMILES string of the molecule is CC1N=C(NC(=O)c2c(F)cccc2F)SC1c1ccnc(Br)c1. The minimum atomic E-state index is -0.904. The number of hydrogen-bond acceptors (Lipinski definition) is 4. The summed E-state index contributed by atoms with van der Waals surface area (Å²) in [5, 5.41) is 2.82. The molecule has 0 saturated heterocycles. The minimum Gasteiger partial charge on any atom is -0.301 e. The fourth-order valence-corrected chi connectivity index (χ4v) is 3.92. The van der Waals surface area contributed by atoms with Crippen LogP contribution < -0.4 is 5.32 Å². The highest BCUT2D eigenvalue weighted by Crippen LogP contribution is 2.39. The second-order valence-electron chi connectivity index (χ2n) is 5.18. The number of pyridine rings is 1. The Morgan fingerprint density at radius 2 is 2.00 bits per heavy atom. The van der Waals surface area contributed by atoms with Crippen LogP contribution in [0.15, 0.2) is 46.1 Å². The molecule has 8 heteroatoms. The number of aliphatic imine (C=N–C) groups is 1. The van der Waals surface area contributed by atoms with E-state index >= 15 is 0 Å². The third-order valence-electron chi connectivity index (χ3n) is 3.49. The molecule has 24 heavy (non-hydrogen) atoms. The molecule has 1 N–H and O–H groups in total. The molecule has 2 heterocycles. The third-order valence-corrected chi connectivity index (χ3v) is 5.27. The lowest BCUT2D eigenvalue weighted by atomic mass is 10.1. The topological polar surface area (TPSA) is 54.4 Å². The third kappa shape index (κ3) is 3.49. The molecule has 0 radical (unpaired) electrons. The fourth-order valence-electron chi connectivity index (χ4n) is 2.38. The number of benzene rings is 1. The first kappa shape index (κ1) is 17.0. The second kappa shape index (κ2) is 6.98. The van der Waals surface area contributed by atoms with E-state index in [1.807, 2.05) is 19.1 Å². The van der Waals surface area contributed by atoms with Gasteiger partial charge in [-0.05, 0) is 52.7 Å². The number of amidine groups is 1. The lowest BCUT2D eigenvalue weighted by molar-refractivity contribution is 0.0969. The molecule has 1 aromatic heterocycles. The Labute approximate surface area is 149 Å². The van der Waals surface area contributed by atoms with Gasteiger partial charge in [0.05, 0.1) is 11.3 Å². The quantitative estimate of drug-likeness (QED) is 0.757. The number of thioether (sulfide) groups is 1. The van der Waals surface area contributed by atoms with Gasteiger partial charge in [-0.1, -0.05) is 17.8 Å². The molecule has 1 aromatic carbocycles. The van der Waals surface area contributed by atoms with Crippen LogP contribution in [-0.2, 0) is 0 Å². The Balaban J connectivity index is 1.75. The highest BCUT2D eigenvalue weighted by atomic mass is 79.9. The lowest BCUT2D eigenvalue weighted by Crippen LogP contribution is -2.29. The molecule has 0 bridgehead atoms. The van der Waals surface area contributed by atoms with Gasteiger partial charge in [0.15, 0.2) is 5.17 Å². The molecular formula is C16H12BrF2N3OS. The summed E-state index contributed by atoms with van der Waals surface area (Å²) in [6, 6.07) is 6.96. The van der Waals surface area contributed by atoms with Crippen LogP contribution in [0, 0.1) is 11.6 Å². The average Bonchev–Trinajstić information content (AvgIpc) is 2.87. The molecule has 1 amide bonds. The molecule has 0 saturated carbocycles. The Morgan fingerprint density at radius 1 is 1.29 bits per heavy atom. The van der Waals surface area contributed by atoms with E-state index in [0.717, 1.165) is 17.7 Å². The number of nitrogens with zero attached hydrogens (tertiary/aromatic N) is 2. The fraction of sp³-hybridized carbons (Fsp3) is 0.188. The zero-order valence-corrected chi connectivity index (χ0v) is 14.9. The van der Waals surface area contributed by atoms with Gasteiger partial charge in [-0.25, -0.2) is 13.8 Å². The highest BCUT2D eigenvalue weighted by molar-refractivity contribution is 9.10. The molecule has 124 valence electrons. The predicted molar refractivity (Wildman–Crippen MR) is 93.0 cm³/mol. The van der Waals surface area contributed by atoms with Gasteiger partial charge in [0.25, 0.3) is 5.91 Å². The maximum atomic E-state index is 13.7. The van der Waals surface area contributed by atoms with Gasteiger partial charge in [-0.15, -0.1) is 0 Å². The predicted octanol–water partition coefficient (Wildman–Crippen LogP) is 4.08. The first-order valence-electron chi connectivity index (χ1n) is 7.07. The highest BCUT2D eigenvalue weighted by Gasteiger charge is 2.30. The van der Waals surface area contributed by atoms with Crippen molar-refractivity contribution in [2.45, 2.75) is 18.2 Å².